The lowest BCUT2D eigenvalue weighted by molar-refractivity contribution is -0.148. The molecule has 0 aromatic rings. The molecular weight excluding hydrogens is 274 g/mol. The molecule has 0 aliphatic carbocycles. The third-order valence-electron chi connectivity index (χ3n) is 4.34. The molecule has 3 nitrogen and oxygen atoms in total. The molecule has 3 heteroatoms. The lowest BCUT2D eigenvalue weighted by Gasteiger charge is -2.25. The number of ether oxygens (including phenoxy) is 1. The van der Waals surface area contributed by atoms with Crippen LogP contribution in [0.2, 0.25) is 0 Å². The standard InChI is InChI=1S/C19H33NO2/c1-4-6-7-8-9-10-11-12-14-18-15-13-16-20(18)17(3)19(21)22-5-2/h17-18H,4-11,13,15-16H2,1-3H3. The zero-order valence-corrected chi connectivity index (χ0v) is 14.7. The van der Waals surface area contributed by atoms with E-state index in [-0.39, 0.29) is 18.1 Å². The number of esters is 1. The second kappa shape index (κ2) is 11.5. The smallest absolute Gasteiger partial charge is 0.323 e. The second-order valence-electron chi connectivity index (χ2n) is 6.16. The van der Waals surface area contributed by atoms with Crippen molar-refractivity contribution in [1.82, 2.24) is 4.90 Å². The van der Waals surface area contributed by atoms with Gasteiger partial charge in [-0.25, -0.2) is 0 Å². The van der Waals surface area contributed by atoms with E-state index in [2.05, 4.69) is 23.7 Å². The number of nitrogens with zero attached hydrogens (tertiary/aromatic N) is 1. The van der Waals surface area contributed by atoms with Gasteiger partial charge in [0.1, 0.15) is 6.04 Å². The maximum atomic E-state index is 11.9. The molecular formula is C19H33NO2. The van der Waals surface area contributed by atoms with Gasteiger partial charge in [0, 0.05) is 13.0 Å². The van der Waals surface area contributed by atoms with E-state index in [0.717, 1.165) is 25.8 Å². The summed E-state index contributed by atoms with van der Waals surface area (Å²) in [5.41, 5.74) is 0. The topological polar surface area (TPSA) is 29.5 Å². The quantitative estimate of drug-likeness (QED) is 0.364. The molecule has 0 spiro atoms. The van der Waals surface area contributed by atoms with Gasteiger partial charge in [0.15, 0.2) is 0 Å². The van der Waals surface area contributed by atoms with E-state index in [1.165, 1.54) is 38.5 Å². The molecule has 2 atom stereocenters. The van der Waals surface area contributed by atoms with Crippen LogP contribution in [0.4, 0.5) is 0 Å². The normalized spacial score (nSPS) is 19.5. The number of rotatable bonds is 9. The summed E-state index contributed by atoms with van der Waals surface area (Å²) in [5.74, 6) is 6.59. The minimum atomic E-state index is -0.171. The van der Waals surface area contributed by atoms with E-state index in [1.54, 1.807) is 0 Å². The molecule has 22 heavy (non-hydrogen) atoms. The van der Waals surface area contributed by atoms with Crippen molar-refractivity contribution in [1.29, 1.82) is 0 Å². The van der Waals surface area contributed by atoms with Crippen molar-refractivity contribution < 1.29 is 9.53 Å². The van der Waals surface area contributed by atoms with Gasteiger partial charge in [-0.3, -0.25) is 9.69 Å². The number of hydrogen-bond donors (Lipinski definition) is 0. The lowest BCUT2D eigenvalue weighted by atomic mass is 10.1. The monoisotopic (exact) mass is 307 g/mol. The molecule has 2 unspecified atom stereocenters. The summed E-state index contributed by atoms with van der Waals surface area (Å²) in [4.78, 5) is 14.1. The minimum Gasteiger partial charge on any atom is -0.465 e. The van der Waals surface area contributed by atoms with Crippen molar-refractivity contribution in [3.63, 3.8) is 0 Å². The predicted molar refractivity (Wildman–Crippen MR) is 91.6 cm³/mol. The Kier molecular flexibility index (Phi) is 9.99. The molecule has 1 aliphatic rings. The van der Waals surface area contributed by atoms with Gasteiger partial charge in [0.25, 0.3) is 0 Å². The highest BCUT2D eigenvalue weighted by Crippen LogP contribution is 2.20. The maximum Gasteiger partial charge on any atom is 0.323 e. The van der Waals surface area contributed by atoms with E-state index in [9.17, 15) is 4.79 Å². The molecule has 0 N–H and O–H groups in total. The Bertz CT molecular complexity index is 369. The largest absolute Gasteiger partial charge is 0.465 e. The average Bonchev–Trinajstić information content (AvgIpc) is 2.97. The summed E-state index contributed by atoms with van der Waals surface area (Å²) in [6.45, 7) is 7.44. The summed E-state index contributed by atoms with van der Waals surface area (Å²) in [6.07, 6.45) is 11.0. The molecule has 0 radical (unpaired) electrons. The van der Waals surface area contributed by atoms with Crippen molar-refractivity contribution in [3.8, 4) is 11.8 Å². The number of hydrogen-bond acceptors (Lipinski definition) is 3. The summed E-state index contributed by atoms with van der Waals surface area (Å²) in [6, 6.07) is 0.0651. The minimum absolute atomic E-state index is 0.118. The Morgan fingerprint density at radius 1 is 1.23 bits per heavy atom. The van der Waals surface area contributed by atoms with Crippen LogP contribution >= 0.6 is 0 Å². The van der Waals surface area contributed by atoms with Gasteiger partial charge in [0.05, 0.1) is 12.6 Å². The van der Waals surface area contributed by atoms with Crippen LogP contribution in [-0.4, -0.2) is 36.1 Å². The molecule has 0 aromatic carbocycles. The Hall–Kier alpha value is -1.01. The SMILES string of the molecule is CCCCCCCCC#CC1CCCN1C(C)C(=O)OCC. The van der Waals surface area contributed by atoms with E-state index >= 15 is 0 Å². The van der Waals surface area contributed by atoms with Crippen LogP contribution < -0.4 is 0 Å². The fraction of sp³-hybridized carbons (Fsp3) is 0.842. The van der Waals surface area contributed by atoms with Gasteiger partial charge in [-0.05, 0) is 33.1 Å². The van der Waals surface area contributed by atoms with Gasteiger partial charge in [0.2, 0.25) is 0 Å². The van der Waals surface area contributed by atoms with Gasteiger partial charge in [-0.15, -0.1) is 5.92 Å². The molecule has 0 amide bonds. The summed E-state index contributed by atoms with van der Waals surface area (Å²) in [5, 5.41) is 0. The molecule has 1 rings (SSSR count). The molecule has 0 bridgehead atoms. The molecule has 126 valence electrons. The van der Waals surface area contributed by atoms with Crippen LogP contribution in [0.3, 0.4) is 0 Å². The number of unbranched alkanes of at least 4 members (excludes halogenated alkanes) is 6. The lowest BCUT2D eigenvalue weighted by Crippen LogP contribution is -2.42. The third kappa shape index (κ3) is 6.83. The van der Waals surface area contributed by atoms with Gasteiger partial charge in [-0.1, -0.05) is 44.9 Å². The fourth-order valence-electron chi connectivity index (χ4n) is 2.99. The molecule has 1 aliphatic heterocycles. The first-order valence-corrected chi connectivity index (χ1v) is 9.11. The highest BCUT2D eigenvalue weighted by molar-refractivity contribution is 5.75. The molecule has 0 aromatic heterocycles. The van der Waals surface area contributed by atoms with E-state index < -0.39 is 0 Å². The number of likely N-dealkylation sites (tertiary alicyclic amines) is 1. The van der Waals surface area contributed by atoms with Crippen molar-refractivity contribution in [3.05, 3.63) is 0 Å². The summed E-state index contributed by atoms with van der Waals surface area (Å²) in [7, 11) is 0. The highest BCUT2D eigenvalue weighted by Gasteiger charge is 2.31. The fourth-order valence-corrected chi connectivity index (χ4v) is 2.99. The Morgan fingerprint density at radius 2 is 1.95 bits per heavy atom. The van der Waals surface area contributed by atoms with Gasteiger partial charge >= 0.3 is 5.97 Å². The Morgan fingerprint density at radius 3 is 2.68 bits per heavy atom. The highest BCUT2D eigenvalue weighted by atomic mass is 16.5. The van der Waals surface area contributed by atoms with Crippen LogP contribution in [-0.2, 0) is 9.53 Å². The first kappa shape index (κ1) is 19.0. The van der Waals surface area contributed by atoms with Crippen LogP contribution in [0.25, 0.3) is 0 Å². The van der Waals surface area contributed by atoms with Crippen LogP contribution in [0.15, 0.2) is 0 Å². The molecule has 1 heterocycles. The number of carbonyl (C=O) groups is 1. The zero-order valence-electron chi connectivity index (χ0n) is 14.7. The molecule has 0 saturated carbocycles. The average molecular weight is 307 g/mol. The summed E-state index contributed by atoms with van der Waals surface area (Å²) >= 11 is 0. The van der Waals surface area contributed by atoms with E-state index in [1.807, 2.05) is 13.8 Å². The predicted octanol–water partition coefficient (Wildman–Crippen LogP) is 4.16. The first-order chi connectivity index (χ1) is 10.7. The van der Waals surface area contributed by atoms with Crippen molar-refractivity contribution in [2.75, 3.05) is 13.2 Å². The van der Waals surface area contributed by atoms with E-state index in [4.69, 9.17) is 4.74 Å². The van der Waals surface area contributed by atoms with Gasteiger partial charge < -0.3 is 4.74 Å². The third-order valence-corrected chi connectivity index (χ3v) is 4.34. The second-order valence-corrected chi connectivity index (χ2v) is 6.16. The Balaban J connectivity index is 2.29. The molecule has 1 saturated heterocycles. The van der Waals surface area contributed by atoms with Crippen molar-refractivity contribution >= 4 is 5.97 Å². The summed E-state index contributed by atoms with van der Waals surface area (Å²) < 4.78 is 5.13. The number of carbonyl (C=O) groups excluding carboxylic acids is 1. The van der Waals surface area contributed by atoms with Crippen molar-refractivity contribution in [2.45, 2.75) is 90.6 Å². The first-order valence-electron chi connectivity index (χ1n) is 9.11. The van der Waals surface area contributed by atoms with Crippen molar-refractivity contribution in [2.24, 2.45) is 0 Å². The van der Waals surface area contributed by atoms with Crippen LogP contribution in [0, 0.1) is 11.8 Å². The van der Waals surface area contributed by atoms with Crippen LogP contribution in [0.5, 0.6) is 0 Å². The maximum absolute atomic E-state index is 11.9. The van der Waals surface area contributed by atoms with E-state index in [0.29, 0.717) is 6.61 Å². The molecule has 1 fully saturated rings. The van der Waals surface area contributed by atoms with Gasteiger partial charge in [-0.2, -0.15) is 0 Å². The van der Waals surface area contributed by atoms with Crippen LogP contribution in [0.1, 0.15) is 78.6 Å². The Labute approximate surface area is 136 Å². The zero-order chi connectivity index (χ0) is 16.2.